The number of aryl methyl sites for hydroxylation is 1. The average Bonchev–Trinajstić information content (AvgIpc) is 2.36. The second kappa shape index (κ2) is 7.46. The zero-order valence-corrected chi connectivity index (χ0v) is 11.9. The number of hydrogen-bond acceptors (Lipinski definition) is 2. The number of benzene rings is 1. The van der Waals surface area contributed by atoms with E-state index in [1.54, 1.807) is 0 Å². The molecule has 3 N–H and O–H groups in total. The van der Waals surface area contributed by atoms with Crippen LogP contribution >= 0.6 is 0 Å². The van der Waals surface area contributed by atoms with Crippen molar-refractivity contribution in [1.29, 1.82) is 0 Å². The van der Waals surface area contributed by atoms with Gasteiger partial charge in [-0.3, -0.25) is 0 Å². The van der Waals surface area contributed by atoms with Crippen LogP contribution in [0.25, 0.3) is 0 Å². The van der Waals surface area contributed by atoms with Crippen LogP contribution in [0.5, 0.6) is 5.75 Å². The average molecular weight is 261 g/mol. The van der Waals surface area contributed by atoms with Gasteiger partial charge in [0.2, 0.25) is 0 Å². The van der Waals surface area contributed by atoms with Crippen molar-refractivity contribution in [3.05, 3.63) is 42.0 Å². The SMILES string of the molecule is C=C(C)CNC(N)=NCC(C)Oc1ccc(C)cc1. The van der Waals surface area contributed by atoms with Crippen LogP contribution in [0, 0.1) is 6.92 Å². The highest BCUT2D eigenvalue weighted by Gasteiger charge is 2.03. The number of ether oxygens (including phenoxy) is 1. The van der Waals surface area contributed by atoms with E-state index in [-0.39, 0.29) is 6.10 Å². The number of nitrogens with one attached hydrogen (secondary N) is 1. The first-order valence-corrected chi connectivity index (χ1v) is 6.39. The van der Waals surface area contributed by atoms with Gasteiger partial charge >= 0.3 is 0 Å². The lowest BCUT2D eigenvalue weighted by molar-refractivity contribution is 0.230. The Kier molecular flexibility index (Phi) is 5.93. The molecule has 0 fully saturated rings. The summed E-state index contributed by atoms with van der Waals surface area (Å²) in [6.07, 6.45) is -0.0205. The molecule has 0 aliphatic carbocycles. The van der Waals surface area contributed by atoms with Crippen LogP contribution in [0.3, 0.4) is 0 Å². The summed E-state index contributed by atoms with van der Waals surface area (Å²) in [7, 11) is 0. The number of rotatable bonds is 6. The molecule has 0 aromatic heterocycles. The largest absolute Gasteiger partial charge is 0.489 e. The maximum Gasteiger partial charge on any atom is 0.188 e. The minimum absolute atomic E-state index is 0.0205. The molecular formula is C15H23N3O. The lowest BCUT2D eigenvalue weighted by atomic mass is 10.2. The van der Waals surface area contributed by atoms with E-state index in [9.17, 15) is 0 Å². The van der Waals surface area contributed by atoms with Crippen LogP contribution in [0.4, 0.5) is 0 Å². The Hall–Kier alpha value is -1.97. The Labute approximate surface area is 115 Å². The first kappa shape index (κ1) is 15.1. The van der Waals surface area contributed by atoms with Crippen molar-refractivity contribution in [2.24, 2.45) is 10.7 Å². The van der Waals surface area contributed by atoms with E-state index in [0.717, 1.165) is 11.3 Å². The summed E-state index contributed by atoms with van der Waals surface area (Å²) in [5.41, 5.74) is 7.96. The third-order valence-corrected chi connectivity index (χ3v) is 2.45. The molecule has 0 radical (unpaired) electrons. The van der Waals surface area contributed by atoms with Gasteiger partial charge in [0.15, 0.2) is 5.96 Å². The van der Waals surface area contributed by atoms with E-state index in [1.807, 2.05) is 45.0 Å². The van der Waals surface area contributed by atoms with E-state index in [0.29, 0.717) is 19.0 Å². The summed E-state index contributed by atoms with van der Waals surface area (Å²) >= 11 is 0. The van der Waals surface area contributed by atoms with E-state index in [4.69, 9.17) is 10.5 Å². The van der Waals surface area contributed by atoms with Crippen LogP contribution in [-0.2, 0) is 0 Å². The van der Waals surface area contributed by atoms with Gasteiger partial charge in [-0.1, -0.05) is 29.8 Å². The number of nitrogens with two attached hydrogens (primary N) is 1. The first-order valence-electron chi connectivity index (χ1n) is 6.39. The van der Waals surface area contributed by atoms with Crippen molar-refractivity contribution < 1.29 is 4.74 Å². The summed E-state index contributed by atoms with van der Waals surface area (Å²) < 4.78 is 5.74. The van der Waals surface area contributed by atoms with Gasteiger partial charge in [-0.15, -0.1) is 0 Å². The van der Waals surface area contributed by atoms with Crippen molar-refractivity contribution >= 4 is 5.96 Å². The molecule has 0 saturated heterocycles. The fourth-order valence-corrected chi connectivity index (χ4v) is 1.41. The zero-order valence-electron chi connectivity index (χ0n) is 11.9. The Bertz CT molecular complexity index is 437. The summed E-state index contributed by atoms with van der Waals surface area (Å²) in [6.45, 7) is 10.9. The Morgan fingerprint density at radius 1 is 1.42 bits per heavy atom. The maximum absolute atomic E-state index is 5.74. The van der Waals surface area contributed by atoms with Gasteiger partial charge in [0.1, 0.15) is 11.9 Å². The van der Waals surface area contributed by atoms with Crippen molar-refractivity contribution in [2.75, 3.05) is 13.1 Å². The van der Waals surface area contributed by atoms with Gasteiger partial charge in [-0.25, -0.2) is 4.99 Å². The number of nitrogens with zero attached hydrogens (tertiary/aromatic N) is 1. The molecule has 0 bridgehead atoms. The molecule has 0 spiro atoms. The normalized spacial score (nSPS) is 12.9. The third kappa shape index (κ3) is 6.50. The molecule has 1 atom stereocenters. The van der Waals surface area contributed by atoms with Gasteiger partial charge in [0.25, 0.3) is 0 Å². The standard InChI is InChI=1S/C15H23N3O/c1-11(2)9-17-15(16)18-10-13(4)19-14-7-5-12(3)6-8-14/h5-8,13H,1,9-10H2,2-4H3,(H3,16,17,18). The van der Waals surface area contributed by atoms with Crippen molar-refractivity contribution in [3.8, 4) is 5.75 Å². The van der Waals surface area contributed by atoms with Gasteiger partial charge in [-0.05, 0) is 32.9 Å². The lowest BCUT2D eigenvalue weighted by Crippen LogP contribution is -2.33. The minimum Gasteiger partial charge on any atom is -0.489 e. The predicted octanol–water partition coefficient (Wildman–Crippen LogP) is 2.24. The van der Waals surface area contributed by atoms with Crippen LogP contribution in [0.1, 0.15) is 19.4 Å². The molecule has 0 aliphatic rings. The third-order valence-electron chi connectivity index (χ3n) is 2.45. The highest BCUT2D eigenvalue weighted by molar-refractivity contribution is 5.78. The molecule has 19 heavy (non-hydrogen) atoms. The molecule has 0 amide bonds. The van der Waals surface area contributed by atoms with E-state index in [1.165, 1.54) is 5.56 Å². The van der Waals surface area contributed by atoms with Crippen LogP contribution in [-0.4, -0.2) is 25.2 Å². The molecule has 1 aromatic rings. The molecule has 1 rings (SSSR count). The lowest BCUT2D eigenvalue weighted by Gasteiger charge is -2.13. The smallest absolute Gasteiger partial charge is 0.188 e. The molecule has 0 heterocycles. The molecule has 0 saturated carbocycles. The van der Waals surface area contributed by atoms with Crippen LogP contribution < -0.4 is 15.8 Å². The van der Waals surface area contributed by atoms with Gasteiger partial charge < -0.3 is 15.8 Å². The second-order valence-corrected chi connectivity index (χ2v) is 4.78. The van der Waals surface area contributed by atoms with Gasteiger partial charge in [-0.2, -0.15) is 0 Å². The molecule has 4 heteroatoms. The number of aliphatic imine (C=N–C) groups is 1. The summed E-state index contributed by atoms with van der Waals surface area (Å²) in [4.78, 5) is 4.23. The first-order chi connectivity index (χ1) is 8.97. The van der Waals surface area contributed by atoms with E-state index in [2.05, 4.69) is 16.9 Å². The highest BCUT2D eigenvalue weighted by atomic mass is 16.5. The second-order valence-electron chi connectivity index (χ2n) is 4.78. The Morgan fingerprint density at radius 3 is 2.63 bits per heavy atom. The van der Waals surface area contributed by atoms with Gasteiger partial charge in [0.05, 0.1) is 6.54 Å². The fraction of sp³-hybridized carbons (Fsp3) is 0.400. The molecule has 0 aliphatic heterocycles. The highest BCUT2D eigenvalue weighted by Crippen LogP contribution is 2.13. The number of guanidine groups is 1. The maximum atomic E-state index is 5.74. The molecule has 1 aromatic carbocycles. The Balaban J connectivity index is 2.38. The van der Waals surface area contributed by atoms with Crippen LogP contribution in [0.15, 0.2) is 41.4 Å². The topological polar surface area (TPSA) is 59.6 Å². The minimum atomic E-state index is -0.0205. The fourth-order valence-electron chi connectivity index (χ4n) is 1.41. The quantitative estimate of drug-likeness (QED) is 0.469. The van der Waals surface area contributed by atoms with Crippen molar-refractivity contribution in [3.63, 3.8) is 0 Å². The van der Waals surface area contributed by atoms with Gasteiger partial charge in [0, 0.05) is 6.54 Å². The van der Waals surface area contributed by atoms with Crippen LogP contribution in [0.2, 0.25) is 0 Å². The zero-order chi connectivity index (χ0) is 14.3. The molecular weight excluding hydrogens is 238 g/mol. The van der Waals surface area contributed by atoms with E-state index >= 15 is 0 Å². The predicted molar refractivity (Wildman–Crippen MR) is 80.6 cm³/mol. The Morgan fingerprint density at radius 2 is 2.05 bits per heavy atom. The summed E-state index contributed by atoms with van der Waals surface area (Å²) in [5.74, 6) is 1.27. The summed E-state index contributed by atoms with van der Waals surface area (Å²) in [6, 6.07) is 7.96. The molecule has 104 valence electrons. The number of hydrogen-bond donors (Lipinski definition) is 2. The van der Waals surface area contributed by atoms with Crippen molar-refractivity contribution in [2.45, 2.75) is 26.9 Å². The van der Waals surface area contributed by atoms with E-state index < -0.39 is 0 Å². The monoisotopic (exact) mass is 261 g/mol. The molecule has 1 unspecified atom stereocenters. The van der Waals surface area contributed by atoms with Crippen molar-refractivity contribution in [1.82, 2.24) is 5.32 Å². The molecule has 4 nitrogen and oxygen atoms in total. The summed E-state index contributed by atoms with van der Waals surface area (Å²) in [5, 5.41) is 2.98.